The van der Waals surface area contributed by atoms with Crippen molar-refractivity contribution in [1.29, 1.82) is 0 Å². The lowest BCUT2D eigenvalue weighted by Gasteiger charge is -2.11. The first-order valence-corrected chi connectivity index (χ1v) is 5.57. The van der Waals surface area contributed by atoms with Gasteiger partial charge in [0.05, 0.1) is 13.5 Å². The molecule has 0 aliphatic carbocycles. The zero-order valence-corrected chi connectivity index (χ0v) is 10.3. The smallest absolute Gasteiger partial charge is 0.305 e. The summed E-state index contributed by atoms with van der Waals surface area (Å²) in [5.41, 5.74) is 7.26. The minimum Gasteiger partial charge on any atom is -0.493 e. The summed E-state index contributed by atoms with van der Waals surface area (Å²) in [6.07, 6.45) is -0.119. The van der Waals surface area contributed by atoms with Gasteiger partial charge in [0.25, 0.3) is 0 Å². The molecule has 0 radical (unpaired) electrons. The van der Waals surface area contributed by atoms with Gasteiger partial charge in [0, 0.05) is 11.4 Å². The molecule has 0 saturated carbocycles. The molecule has 5 heteroatoms. The number of rotatable bonds is 4. The number of hydrogen-bond acceptors (Lipinski definition) is 4. The van der Waals surface area contributed by atoms with Crippen LogP contribution in [0.5, 0.6) is 5.75 Å². The highest BCUT2D eigenvalue weighted by Gasteiger charge is 2.17. The fraction of sp³-hybridized carbons (Fsp3) is 0.308. The van der Waals surface area contributed by atoms with Crippen LogP contribution in [0.15, 0.2) is 22.6 Å². The molecule has 3 N–H and O–H groups in total. The van der Waals surface area contributed by atoms with Crippen molar-refractivity contribution in [1.82, 2.24) is 0 Å². The summed E-state index contributed by atoms with van der Waals surface area (Å²) in [4.78, 5) is 10.7. The Kier molecular flexibility index (Phi) is 3.25. The lowest BCUT2D eigenvalue weighted by atomic mass is 10.0. The van der Waals surface area contributed by atoms with E-state index in [2.05, 4.69) is 0 Å². The fourth-order valence-corrected chi connectivity index (χ4v) is 2.02. The summed E-state index contributed by atoms with van der Waals surface area (Å²) in [7, 11) is 1.56. The van der Waals surface area contributed by atoms with Crippen molar-refractivity contribution in [2.75, 3.05) is 7.11 Å². The molecule has 2 rings (SSSR count). The first-order valence-electron chi connectivity index (χ1n) is 5.57. The molecule has 0 aliphatic rings. The molecule has 2 aromatic rings. The zero-order chi connectivity index (χ0) is 13.3. The molecule has 0 saturated heterocycles. The van der Waals surface area contributed by atoms with Gasteiger partial charge in [-0.15, -0.1) is 0 Å². The van der Waals surface area contributed by atoms with Gasteiger partial charge in [-0.25, -0.2) is 0 Å². The van der Waals surface area contributed by atoms with Crippen LogP contribution in [-0.2, 0) is 4.79 Å². The molecule has 18 heavy (non-hydrogen) atoms. The second-order valence-corrected chi connectivity index (χ2v) is 4.16. The van der Waals surface area contributed by atoms with Gasteiger partial charge in [0.2, 0.25) is 0 Å². The van der Waals surface area contributed by atoms with Gasteiger partial charge >= 0.3 is 5.97 Å². The first kappa shape index (κ1) is 12.4. The molecular formula is C13H15NO4. The number of fused-ring (bicyclic) bond motifs is 1. The van der Waals surface area contributed by atoms with Gasteiger partial charge < -0.3 is 20.0 Å². The van der Waals surface area contributed by atoms with E-state index in [9.17, 15) is 4.79 Å². The van der Waals surface area contributed by atoms with E-state index in [1.807, 2.05) is 13.0 Å². The van der Waals surface area contributed by atoms with Gasteiger partial charge in [0.1, 0.15) is 5.76 Å². The Labute approximate surface area is 104 Å². The van der Waals surface area contributed by atoms with Crippen molar-refractivity contribution >= 4 is 16.9 Å². The highest BCUT2D eigenvalue weighted by Crippen LogP contribution is 2.34. The molecule has 0 fully saturated rings. The molecule has 96 valence electrons. The van der Waals surface area contributed by atoms with Gasteiger partial charge in [0.15, 0.2) is 11.3 Å². The number of aliphatic carboxylic acids is 1. The predicted octanol–water partition coefficient (Wildman–Crippen LogP) is 2.22. The number of nitrogens with two attached hydrogens (primary N) is 1. The number of carbonyl (C=O) groups is 1. The second kappa shape index (κ2) is 4.70. The van der Waals surface area contributed by atoms with Crippen LogP contribution in [0.25, 0.3) is 11.0 Å². The third-order valence-electron chi connectivity index (χ3n) is 2.82. The Bertz CT molecular complexity index is 588. The molecule has 1 unspecified atom stereocenters. The number of aryl methyl sites for hydroxylation is 1. The third kappa shape index (κ3) is 2.17. The van der Waals surface area contributed by atoms with E-state index < -0.39 is 12.0 Å². The summed E-state index contributed by atoms with van der Waals surface area (Å²) in [6.45, 7) is 1.83. The van der Waals surface area contributed by atoms with Crippen molar-refractivity contribution in [2.24, 2.45) is 5.73 Å². The van der Waals surface area contributed by atoms with E-state index in [-0.39, 0.29) is 6.42 Å². The summed E-state index contributed by atoms with van der Waals surface area (Å²) < 4.78 is 10.8. The minimum atomic E-state index is -0.924. The SMILES string of the molecule is COc1ccc(C(N)CC(=O)O)c2cc(C)oc12. The van der Waals surface area contributed by atoms with E-state index in [0.717, 1.165) is 16.7 Å². The summed E-state index contributed by atoms with van der Waals surface area (Å²) in [5.74, 6) is 0.425. The molecule has 0 bridgehead atoms. The molecule has 1 aromatic heterocycles. The molecular weight excluding hydrogens is 234 g/mol. The van der Waals surface area contributed by atoms with Crippen LogP contribution in [0.3, 0.4) is 0 Å². The van der Waals surface area contributed by atoms with Crippen LogP contribution in [0, 0.1) is 6.92 Å². The Morgan fingerprint density at radius 3 is 2.89 bits per heavy atom. The van der Waals surface area contributed by atoms with Crippen molar-refractivity contribution < 1.29 is 19.1 Å². The number of carboxylic acid groups (broad SMARTS) is 1. The molecule has 1 atom stereocenters. The van der Waals surface area contributed by atoms with Gasteiger partial charge in [-0.1, -0.05) is 6.07 Å². The minimum absolute atomic E-state index is 0.119. The lowest BCUT2D eigenvalue weighted by molar-refractivity contribution is -0.137. The largest absolute Gasteiger partial charge is 0.493 e. The maximum atomic E-state index is 10.7. The van der Waals surface area contributed by atoms with Crippen LogP contribution >= 0.6 is 0 Å². The fourth-order valence-electron chi connectivity index (χ4n) is 2.02. The van der Waals surface area contributed by atoms with Gasteiger partial charge in [-0.2, -0.15) is 0 Å². The standard InChI is InChI=1S/C13H15NO4/c1-7-5-9-8(10(14)6-12(15)16)3-4-11(17-2)13(9)18-7/h3-5,10H,6,14H2,1-2H3,(H,15,16). The highest BCUT2D eigenvalue weighted by atomic mass is 16.5. The van der Waals surface area contributed by atoms with Crippen molar-refractivity contribution in [2.45, 2.75) is 19.4 Å². The molecule has 0 amide bonds. The second-order valence-electron chi connectivity index (χ2n) is 4.16. The highest BCUT2D eigenvalue weighted by molar-refractivity contribution is 5.88. The predicted molar refractivity (Wildman–Crippen MR) is 66.7 cm³/mol. The van der Waals surface area contributed by atoms with Gasteiger partial charge in [-0.05, 0) is 24.6 Å². The van der Waals surface area contributed by atoms with Crippen molar-refractivity contribution in [3.8, 4) is 5.75 Å². The van der Waals surface area contributed by atoms with E-state index in [0.29, 0.717) is 11.3 Å². The Morgan fingerprint density at radius 1 is 1.56 bits per heavy atom. The summed E-state index contributed by atoms with van der Waals surface area (Å²) >= 11 is 0. The van der Waals surface area contributed by atoms with Crippen molar-refractivity contribution in [3.63, 3.8) is 0 Å². The third-order valence-corrected chi connectivity index (χ3v) is 2.82. The van der Waals surface area contributed by atoms with Crippen LogP contribution in [0.4, 0.5) is 0 Å². The van der Waals surface area contributed by atoms with Crippen LogP contribution in [0.1, 0.15) is 23.8 Å². The number of benzene rings is 1. The molecule has 1 heterocycles. The summed E-state index contributed by atoms with van der Waals surface area (Å²) in [6, 6.07) is 4.80. The Hall–Kier alpha value is -2.01. The molecule has 5 nitrogen and oxygen atoms in total. The van der Waals surface area contributed by atoms with Crippen molar-refractivity contribution in [3.05, 3.63) is 29.5 Å². The lowest BCUT2D eigenvalue weighted by Crippen LogP contribution is -2.15. The molecule has 0 aliphatic heterocycles. The summed E-state index contributed by atoms with van der Waals surface area (Å²) in [5, 5.41) is 9.60. The number of methoxy groups -OCH3 is 1. The van der Waals surface area contributed by atoms with E-state index >= 15 is 0 Å². The van der Waals surface area contributed by atoms with E-state index in [4.69, 9.17) is 20.0 Å². The molecule has 0 spiro atoms. The number of hydrogen-bond donors (Lipinski definition) is 2. The quantitative estimate of drug-likeness (QED) is 0.867. The van der Waals surface area contributed by atoms with Crippen LogP contribution in [0.2, 0.25) is 0 Å². The maximum Gasteiger partial charge on any atom is 0.305 e. The molecule has 1 aromatic carbocycles. The Balaban J connectivity index is 2.55. The van der Waals surface area contributed by atoms with E-state index in [1.54, 1.807) is 19.2 Å². The number of ether oxygens (including phenoxy) is 1. The first-order chi connectivity index (χ1) is 8.52. The van der Waals surface area contributed by atoms with Crippen LogP contribution in [-0.4, -0.2) is 18.2 Å². The zero-order valence-electron chi connectivity index (χ0n) is 10.3. The average Bonchev–Trinajstić information content (AvgIpc) is 2.67. The Morgan fingerprint density at radius 2 is 2.28 bits per heavy atom. The topological polar surface area (TPSA) is 85.7 Å². The number of furan rings is 1. The normalized spacial score (nSPS) is 12.6. The van der Waals surface area contributed by atoms with Gasteiger partial charge in [-0.3, -0.25) is 4.79 Å². The monoisotopic (exact) mass is 249 g/mol. The van der Waals surface area contributed by atoms with E-state index in [1.165, 1.54) is 0 Å². The van der Waals surface area contributed by atoms with Crippen LogP contribution < -0.4 is 10.5 Å². The number of carboxylic acids is 1. The average molecular weight is 249 g/mol. The maximum absolute atomic E-state index is 10.7.